The van der Waals surface area contributed by atoms with E-state index in [1.807, 2.05) is 0 Å². The van der Waals surface area contributed by atoms with Crippen LogP contribution in [0.3, 0.4) is 0 Å². The third kappa shape index (κ3) is 1.95. The van der Waals surface area contributed by atoms with Crippen LogP contribution in [-0.2, 0) is 18.4 Å². The van der Waals surface area contributed by atoms with E-state index in [2.05, 4.69) is 26.2 Å². The molecule has 3 fully saturated rings. The third-order valence-electron chi connectivity index (χ3n) is 5.18. The molecule has 5 atom stereocenters. The highest BCUT2D eigenvalue weighted by molar-refractivity contribution is 6.79. The van der Waals surface area contributed by atoms with E-state index >= 15 is 0 Å². The van der Waals surface area contributed by atoms with Crippen LogP contribution in [0.4, 0.5) is 0 Å². The van der Waals surface area contributed by atoms with Crippen molar-refractivity contribution in [1.29, 1.82) is 0 Å². The van der Waals surface area contributed by atoms with Gasteiger partial charge in [0.15, 0.2) is 17.4 Å². The van der Waals surface area contributed by atoms with Crippen molar-refractivity contribution in [2.24, 2.45) is 23.7 Å². The number of hydrogen-bond donors (Lipinski definition) is 0. The molecule has 0 amide bonds. The van der Waals surface area contributed by atoms with Crippen molar-refractivity contribution < 1.29 is 18.4 Å². The summed E-state index contributed by atoms with van der Waals surface area (Å²) < 4.78 is 11.2. The Bertz CT molecular complexity index is 434. The van der Waals surface area contributed by atoms with E-state index in [-0.39, 0.29) is 23.8 Å². The van der Waals surface area contributed by atoms with Gasteiger partial charge in [-0.2, -0.15) is 0 Å². The monoisotopic (exact) mass is 298 g/mol. The summed E-state index contributed by atoms with van der Waals surface area (Å²) in [5.41, 5.74) is 0.520. The largest absolute Gasteiger partial charge is 0.458 e. The van der Waals surface area contributed by atoms with E-state index in [0.29, 0.717) is 17.4 Å². The fourth-order valence-corrected chi connectivity index (χ4v) is 12.6. The minimum atomic E-state index is -1.76. The van der Waals surface area contributed by atoms with E-state index in [4.69, 9.17) is 8.85 Å². The number of esters is 2. The molecule has 2 bridgehead atoms. The minimum Gasteiger partial charge on any atom is -0.458 e. The van der Waals surface area contributed by atoms with Gasteiger partial charge in [0.05, 0.1) is 11.8 Å². The van der Waals surface area contributed by atoms with Gasteiger partial charge in [0.25, 0.3) is 0 Å². The summed E-state index contributed by atoms with van der Waals surface area (Å²) >= 11 is 0. The summed E-state index contributed by atoms with van der Waals surface area (Å²) in [6.07, 6.45) is 2.09. The average molecular weight is 298 g/mol. The number of carbonyl (C=O) groups is 2. The van der Waals surface area contributed by atoms with Gasteiger partial charge in [-0.05, 0) is 56.4 Å². The number of hydrogen-bond acceptors (Lipinski definition) is 4. The van der Waals surface area contributed by atoms with E-state index in [1.165, 1.54) is 0 Å². The molecule has 5 unspecified atom stereocenters. The Hall–Kier alpha value is -0.466. The summed E-state index contributed by atoms with van der Waals surface area (Å²) in [4.78, 5) is 23.6. The first-order valence-corrected chi connectivity index (χ1v) is 13.0. The van der Waals surface area contributed by atoms with Gasteiger partial charge >= 0.3 is 11.9 Å². The first kappa shape index (κ1) is 13.5. The van der Waals surface area contributed by atoms with Gasteiger partial charge in [-0.3, -0.25) is 9.59 Å². The van der Waals surface area contributed by atoms with E-state index in [0.717, 1.165) is 12.8 Å². The molecule has 4 nitrogen and oxygen atoms in total. The predicted octanol–water partition coefficient (Wildman–Crippen LogP) is 1.92. The smallest absolute Gasteiger partial charge is 0.317 e. The highest BCUT2D eigenvalue weighted by Gasteiger charge is 2.65. The Morgan fingerprint density at radius 1 is 1.16 bits per heavy atom. The van der Waals surface area contributed by atoms with Crippen LogP contribution >= 0.6 is 0 Å². The van der Waals surface area contributed by atoms with Crippen molar-refractivity contribution >= 4 is 29.3 Å². The first-order chi connectivity index (χ1) is 8.81. The van der Waals surface area contributed by atoms with Crippen LogP contribution in [0.5, 0.6) is 0 Å². The number of fused-ring (bicyclic) bond motifs is 5. The predicted molar refractivity (Wildman–Crippen MR) is 75.5 cm³/mol. The van der Waals surface area contributed by atoms with Crippen LogP contribution in [0, 0.1) is 23.7 Å². The first-order valence-electron chi connectivity index (χ1n) is 7.24. The van der Waals surface area contributed by atoms with Crippen LogP contribution in [0.15, 0.2) is 0 Å². The van der Waals surface area contributed by atoms with E-state index < -0.39 is 17.4 Å². The molecule has 2 aliphatic carbocycles. The highest BCUT2D eigenvalue weighted by Crippen LogP contribution is 2.63. The van der Waals surface area contributed by atoms with Gasteiger partial charge in [0, 0.05) is 0 Å². The lowest BCUT2D eigenvalue weighted by Crippen LogP contribution is -2.45. The van der Waals surface area contributed by atoms with Gasteiger partial charge in [-0.15, -0.1) is 0 Å². The zero-order chi connectivity index (χ0) is 13.9. The van der Waals surface area contributed by atoms with Crippen molar-refractivity contribution in [3.63, 3.8) is 0 Å². The van der Waals surface area contributed by atoms with Crippen molar-refractivity contribution in [3.05, 3.63) is 0 Å². The van der Waals surface area contributed by atoms with Crippen molar-refractivity contribution in [1.82, 2.24) is 0 Å². The SMILES string of the molecule is C[SiH](C)O[Si](C)(C)C1CC2CC1C1C(=O)OC(=O)C21. The third-order valence-corrected chi connectivity index (χ3v) is 11.9. The summed E-state index contributed by atoms with van der Waals surface area (Å²) in [5, 5.41) is 0. The molecule has 0 radical (unpaired) electrons. The number of carbonyl (C=O) groups excluding carboxylic acids is 2. The Balaban J connectivity index is 1.83. The second-order valence-electron chi connectivity index (χ2n) is 7.06. The van der Waals surface area contributed by atoms with Crippen LogP contribution < -0.4 is 0 Å². The zero-order valence-electron chi connectivity index (χ0n) is 12.0. The summed E-state index contributed by atoms with van der Waals surface area (Å²) in [7, 11) is -2.81. The maximum atomic E-state index is 11.9. The number of cyclic esters (lactones) is 2. The maximum absolute atomic E-state index is 11.9. The minimum absolute atomic E-state index is 0.130. The van der Waals surface area contributed by atoms with Crippen LogP contribution in [-0.4, -0.2) is 29.3 Å². The molecule has 6 heteroatoms. The number of rotatable bonds is 3. The van der Waals surface area contributed by atoms with Gasteiger partial charge in [-0.25, -0.2) is 0 Å². The molecule has 0 aromatic rings. The van der Waals surface area contributed by atoms with Crippen molar-refractivity contribution in [2.75, 3.05) is 0 Å². The fourth-order valence-electron chi connectivity index (χ4n) is 4.75. The molecule has 106 valence electrons. The lowest BCUT2D eigenvalue weighted by atomic mass is 9.81. The topological polar surface area (TPSA) is 52.6 Å². The van der Waals surface area contributed by atoms with Crippen LogP contribution in [0.1, 0.15) is 12.8 Å². The van der Waals surface area contributed by atoms with Gasteiger partial charge < -0.3 is 8.85 Å². The molecule has 0 spiro atoms. The second-order valence-corrected chi connectivity index (χ2v) is 14.1. The molecule has 0 aromatic carbocycles. The lowest BCUT2D eigenvalue weighted by molar-refractivity contribution is -0.154. The molecule has 2 saturated carbocycles. The van der Waals surface area contributed by atoms with E-state index in [1.54, 1.807) is 0 Å². The van der Waals surface area contributed by atoms with Crippen molar-refractivity contribution in [3.8, 4) is 0 Å². The quantitative estimate of drug-likeness (QED) is 0.454. The molecule has 1 heterocycles. The maximum Gasteiger partial charge on any atom is 0.317 e. The molecule has 0 aromatic heterocycles. The van der Waals surface area contributed by atoms with Crippen molar-refractivity contribution in [2.45, 2.75) is 44.6 Å². The molecule has 19 heavy (non-hydrogen) atoms. The molecular formula is C13H22O4Si2. The molecule has 3 aliphatic rings. The van der Waals surface area contributed by atoms with Crippen LogP contribution in [0.25, 0.3) is 0 Å². The lowest BCUT2D eigenvalue weighted by Gasteiger charge is -2.39. The fraction of sp³-hybridized carbons (Fsp3) is 0.846. The second kappa shape index (κ2) is 4.26. The van der Waals surface area contributed by atoms with Gasteiger partial charge in [-0.1, -0.05) is 0 Å². The van der Waals surface area contributed by atoms with E-state index in [9.17, 15) is 9.59 Å². The molecule has 3 rings (SSSR count). The molecule has 1 saturated heterocycles. The van der Waals surface area contributed by atoms with Gasteiger partial charge in [0.2, 0.25) is 0 Å². The average Bonchev–Trinajstić information content (AvgIpc) is 2.89. The Morgan fingerprint density at radius 2 is 1.79 bits per heavy atom. The summed E-state index contributed by atoms with van der Waals surface area (Å²) in [6.45, 7) is 8.97. The molecule has 1 aliphatic heterocycles. The Labute approximate surface area is 116 Å². The molecular weight excluding hydrogens is 276 g/mol. The Kier molecular flexibility index (Phi) is 3.03. The highest BCUT2D eigenvalue weighted by atomic mass is 28.4. The zero-order valence-corrected chi connectivity index (χ0v) is 14.2. The standard InChI is InChI=1S/C13H22O4Si2/c1-18(2)17-19(3,4)9-6-7-5-8(9)11-10(7)12(14)16-13(11)15/h7-11,18H,5-6H2,1-4H3. The summed E-state index contributed by atoms with van der Waals surface area (Å²) in [6, 6.07) is 0. The molecule has 0 N–H and O–H groups in total. The van der Waals surface area contributed by atoms with Gasteiger partial charge in [0.1, 0.15) is 0 Å². The normalized spacial score (nSPS) is 41.0. The van der Waals surface area contributed by atoms with Crippen LogP contribution in [0.2, 0.25) is 31.7 Å². The number of ether oxygens (including phenoxy) is 1. The Morgan fingerprint density at radius 3 is 2.42 bits per heavy atom. The summed E-state index contributed by atoms with van der Waals surface area (Å²) in [5.74, 6) is -0.111.